The Hall–Kier alpha value is -1.11. The number of aldehydes is 1. The van der Waals surface area contributed by atoms with Crippen molar-refractivity contribution in [3.8, 4) is 0 Å². The molecule has 2 aliphatic carbocycles. The van der Waals surface area contributed by atoms with Gasteiger partial charge in [0, 0.05) is 5.41 Å². The first kappa shape index (κ1) is 11.0. The van der Waals surface area contributed by atoms with Crippen molar-refractivity contribution in [3.63, 3.8) is 0 Å². The normalized spacial score (nSPS) is 35.8. The molecular formula is C16H20O. The lowest BCUT2D eigenvalue weighted by atomic mass is 9.57. The molecule has 0 aromatic heterocycles. The molecule has 3 rings (SSSR count). The molecule has 0 amide bonds. The summed E-state index contributed by atoms with van der Waals surface area (Å²) in [5, 5.41) is 0. The van der Waals surface area contributed by atoms with Crippen LogP contribution in [0.5, 0.6) is 0 Å². The monoisotopic (exact) mass is 228 g/mol. The van der Waals surface area contributed by atoms with E-state index in [0.29, 0.717) is 11.8 Å². The molecule has 2 aliphatic rings. The van der Waals surface area contributed by atoms with Gasteiger partial charge in [-0.15, -0.1) is 0 Å². The number of carbonyl (C=O) groups is 1. The van der Waals surface area contributed by atoms with Crippen LogP contribution in [0, 0.1) is 11.3 Å². The largest absolute Gasteiger partial charge is 0.303 e. The van der Waals surface area contributed by atoms with Gasteiger partial charge >= 0.3 is 0 Å². The molecule has 0 radical (unpaired) electrons. The third-order valence-electron chi connectivity index (χ3n) is 5.01. The minimum absolute atomic E-state index is 0.0730. The Morgan fingerprint density at radius 2 is 2.12 bits per heavy atom. The van der Waals surface area contributed by atoms with Gasteiger partial charge in [-0.2, -0.15) is 0 Å². The Bertz CT molecular complexity index is 437. The van der Waals surface area contributed by atoms with Crippen molar-refractivity contribution < 1.29 is 4.79 Å². The van der Waals surface area contributed by atoms with E-state index in [1.165, 1.54) is 36.7 Å². The molecule has 0 aliphatic heterocycles. The summed E-state index contributed by atoms with van der Waals surface area (Å²) in [7, 11) is 0. The molecule has 1 aromatic carbocycles. The predicted molar refractivity (Wildman–Crippen MR) is 69.0 cm³/mol. The average Bonchev–Trinajstić information content (AvgIpc) is 2.39. The van der Waals surface area contributed by atoms with Crippen LogP contribution < -0.4 is 0 Å². The fourth-order valence-electron chi connectivity index (χ4n) is 4.03. The van der Waals surface area contributed by atoms with E-state index >= 15 is 0 Å². The summed E-state index contributed by atoms with van der Waals surface area (Å²) >= 11 is 0. The molecule has 1 heteroatoms. The fourth-order valence-corrected chi connectivity index (χ4v) is 4.03. The van der Waals surface area contributed by atoms with Gasteiger partial charge in [0.2, 0.25) is 0 Å². The molecule has 90 valence electrons. The maximum absolute atomic E-state index is 11.4. The number of rotatable bonds is 1. The second-order valence-corrected chi connectivity index (χ2v) is 5.97. The lowest BCUT2D eigenvalue weighted by molar-refractivity contribution is -0.121. The van der Waals surface area contributed by atoms with Gasteiger partial charge in [0.1, 0.15) is 6.29 Å². The van der Waals surface area contributed by atoms with E-state index in [9.17, 15) is 4.79 Å². The second kappa shape index (κ2) is 3.97. The van der Waals surface area contributed by atoms with Crippen molar-refractivity contribution >= 4 is 6.29 Å². The summed E-state index contributed by atoms with van der Waals surface area (Å²) in [5.74, 6) is 1.20. The van der Waals surface area contributed by atoms with Gasteiger partial charge in [-0.25, -0.2) is 0 Å². The van der Waals surface area contributed by atoms with E-state index in [0.717, 1.165) is 12.8 Å². The third-order valence-corrected chi connectivity index (χ3v) is 5.01. The molecule has 1 nitrogen and oxygen atoms in total. The maximum atomic E-state index is 11.4. The minimum atomic E-state index is -0.0730. The zero-order valence-corrected chi connectivity index (χ0v) is 10.5. The van der Waals surface area contributed by atoms with Crippen LogP contribution in [0.2, 0.25) is 0 Å². The van der Waals surface area contributed by atoms with Gasteiger partial charge in [-0.3, -0.25) is 0 Å². The smallest absolute Gasteiger partial charge is 0.126 e. The molecule has 1 aromatic rings. The van der Waals surface area contributed by atoms with E-state index in [2.05, 4.69) is 31.2 Å². The van der Waals surface area contributed by atoms with Gasteiger partial charge in [0.25, 0.3) is 0 Å². The topological polar surface area (TPSA) is 17.1 Å². The molecular weight excluding hydrogens is 208 g/mol. The van der Waals surface area contributed by atoms with Crippen LogP contribution in [-0.2, 0) is 11.2 Å². The van der Waals surface area contributed by atoms with Crippen LogP contribution in [0.25, 0.3) is 0 Å². The summed E-state index contributed by atoms with van der Waals surface area (Å²) in [5.41, 5.74) is 2.97. The molecule has 0 bridgehead atoms. The molecule has 0 N–H and O–H groups in total. The van der Waals surface area contributed by atoms with E-state index in [4.69, 9.17) is 0 Å². The summed E-state index contributed by atoms with van der Waals surface area (Å²) in [4.78, 5) is 11.4. The molecule has 0 saturated heterocycles. The van der Waals surface area contributed by atoms with Crippen LogP contribution in [0.3, 0.4) is 0 Å². The Morgan fingerprint density at radius 1 is 1.29 bits per heavy atom. The van der Waals surface area contributed by atoms with Crippen LogP contribution in [0.4, 0.5) is 0 Å². The molecule has 1 saturated carbocycles. The summed E-state index contributed by atoms with van der Waals surface area (Å²) in [6, 6.07) is 8.83. The number of aryl methyl sites for hydroxylation is 1. The van der Waals surface area contributed by atoms with Crippen molar-refractivity contribution in [3.05, 3.63) is 35.4 Å². The SMILES string of the molecule is C[C@]1(C=O)CCC[C@@H]2c3ccccc3CC[C@H]21. The first-order valence-corrected chi connectivity index (χ1v) is 6.79. The highest BCUT2D eigenvalue weighted by Gasteiger charge is 2.44. The Labute approximate surface area is 103 Å². The standard InChI is InChI=1S/C16H20O/c1-16(11-17)10-4-7-14-13-6-3-2-5-12(13)8-9-15(14)16/h2-3,5-6,11,14-15H,4,7-10H2,1H3/t14-,15-,16-/m1/s1. The molecule has 0 heterocycles. The molecule has 17 heavy (non-hydrogen) atoms. The summed E-state index contributed by atoms with van der Waals surface area (Å²) in [6.45, 7) is 2.17. The Kier molecular flexibility index (Phi) is 2.57. The maximum Gasteiger partial charge on any atom is 0.126 e. The fraction of sp³-hybridized carbons (Fsp3) is 0.562. The van der Waals surface area contributed by atoms with Crippen molar-refractivity contribution in [1.82, 2.24) is 0 Å². The number of fused-ring (bicyclic) bond motifs is 3. The average molecular weight is 228 g/mol. The van der Waals surface area contributed by atoms with Gasteiger partial charge in [-0.05, 0) is 48.6 Å². The van der Waals surface area contributed by atoms with Crippen LogP contribution in [-0.4, -0.2) is 6.29 Å². The predicted octanol–water partition coefficient (Wildman–Crippen LogP) is 3.72. The zero-order valence-electron chi connectivity index (χ0n) is 10.5. The van der Waals surface area contributed by atoms with Crippen molar-refractivity contribution in [2.45, 2.75) is 44.9 Å². The Balaban J connectivity index is 2.02. The Morgan fingerprint density at radius 3 is 2.94 bits per heavy atom. The molecule has 1 fully saturated rings. The number of benzene rings is 1. The summed E-state index contributed by atoms with van der Waals surface area (Å²) < 4.78 is 0. The number of hydrogen-bond acceptors (Lipinski definition) is 1. The zero-order chi connectivity index (χ0) is 11.9. The highest BCUT2D eigenvalue weighted by atomic mass is 16.1. The van der Waals surface area contributed by atoms with E-state index in [1.54, 1.807) is 0 Å². The third kappa shape index (κ3) is 1.64. The lowest BCUT2D eigenvalue weighted by Gasteiger charge is -2.46. The highest BCUT2D eigenvalue weighted by Crippen LogP contribution is 2.52. The minimum Gasteiger partial charge on any atom is -0.303 e. The van der Waals surface area contributed by atoms with Gasteiger partial charge in [0.15, 0.2) is 0 Å². The number of carbonyl (C=O) groups excluding carboxylic acids is 1. The van der Waals surface area contributed by atoms with E-state index < -0.39 is 0 Å². The van der Waals surface area contributed by atoms with Crippen LogP contribution >= 0.6 is 0 Å². The van der Waals surface area contributed by atoms with Crippen LogP contribution in [0.1, 0.15) is 49.7 Å². The van der Waals surface area contributed by atoms with Crippen molar-refractivity contribution in [1.29, 1.82) is 0 Å². The molecule has 0 spiro atoms. The van der Waals surface area contributed by atoms with E-state index in [-0.39, 0.29) is 5.41 Å². The highest BCUT2D eigenvalue weighted by molar-refractivity contribution is 5.60. The molecule has 3 atom stereocenters. The molecule has 0 unspecified atom stereocenters. The van der Waals surface area contributed by atoms with Crippen molar-refractivity contribution in [2.24, 2.45) is 11.3 Å². The first-order valence-electron chi connectivity index (χ1n) is 6.79. The number of hydrogen-bond donors (Lipinski definition) is 0. The van der Waals surface area contributed by atoms with Gasteiger partial charge in [0.05, 0.1) is 0 Å². The lowest BCUT2D eigenvalue weighted by Crippen LogP contribution is -2.39. The van der Waals surface area contributed by atoms with Crippen LogP contribution in [0.15, 0.2) is 24.3 Å². The second-order valence-electron chi connectivity index (χ2n) is 5.97. The quantitative estimate of drug-likeness (QED) is 0.669. The van der Waals surface area contributed by atoms with Crippen molar-refractivity contribution in [2.75, 3.05) is 0 Å². The first-order chi connectivity index (χ1) is 8.24. The van der Waals surface area contributed by atoms with Gasteiger partial charge in [-0.1, -0.05) is 37.6 Å². The summed E-state index contributed by atoms with van der Waals surface area (Å²) in [6.07, 6.45) is 7.13. The van der Waals surface area contributed by atoms with E-state index in [1.807, 2.05) is 0 Å². The van der Waals surface area contributed by atoms with Gasteiger partial charge < -0.3 is 4.79 Å².